The van der Waals surface area contributed by atoms with Crippen molar-refractivity contribution < 1.29 is 23.1 Å². The average molecular weight is 271 g/mol. The van der Waals surface area contributed by atoms with E-state index in [0.29, 0.717) is 6.54 Å². The highest BCUT2D eigenvalue weighted by Gasteiger charge is 2.52. The van der Waals surface area contributed by atoms with Crippen molar-refractivity contribution in [1.82, 2.24) is 4.90 Å². The van der Waals surface area contributed by atoms with E-state index in [1.54, 1.807) is 16.7 Å². The smallest absolute Gasteiger partial charge is 0.393 e. The topological polar surface area (TPSA) is 40.5 Å². The molecule has 0 aromatic rings. The third kappa shape index (κ3) is 4.06. The van der Waals surface area contributed by atoms with Gasteiger partial charge in [-0.2, -0.15) is 24.9 Å². The molecule has 0 aromatic carbocycles. The summed E-state index contributed by atoms with van der Waals surface area (Å²) in [4.78, 5) is 12.4. The molecule has 1 N–H and O–H groups in total. The Kier molecular flexibility index (Phi) is 5.12. The van der Waals surface area contributed by atoms with Crippen molar-refractivity contribution >= 4 is 17.7 Å². The van der Waals surface area contributed by atoms with Gasteiger partial charge in [-0.1, -0.05) is 6.92 Å². The van der Waals surface area contributed by atoms with E-state index in [9.17, 15) is 18.0 Å². The summed E-state index contributed by atoms with van der Waals surface area (Å²) in [6.07, 6.45) is -4.42. The second-order valence-corrected chi connectivity index (χ2v) is 5.44. The quantitative estimate of drug-likeness (QED) is 0.776. The fraction of sp³-hybridized carbons (Fsp3) is 0.900. The lowest BCUT2D eigenvalue weighted by atomic mass is 9.96. The molecule has 0 aromatic heterocycles. The van der Waals surface area contributed by atoms with E-state index in [2.05, 4.69) is 0 Å². The van der Waals surface area contributed by atoms with E-state index in [1.165, 1.54) is 0 Å². The van der Waals surface area contributed by atoms with Gasteiger partial charge in [0, 0.05) is 25.4 Å². The van der Waals surface area contributed by atoms with Crippen molar-refractivity contribution in [3.05, 3.63) is 0 Å². The molecule has 17 heavy (non-hydrogen) atoms. The van der Waals surface area contributed by atoms with Gasteiger partial charge in [0.15, 0.2) is 0 Å². The van der Waals surface area contributed by atoms with Crippen LogP contribution in [-0.2, 0) is 4.79 Å². The first-order chi connectivity index (χ1) is 7.86. The molecular weight excluding hydrogens is 255 g/mol. The minimum atomic E-state index is -4.42. The van der Waals surface area contributed by atoms with Crippen LogP contribution in [0.4, 0.5) is 13.2 Å². The fourth-order valence-electron chi connectivity index (χ4n) is 1.99. The lowest BCUT2D eigenvalue weighted by Gasteiger charge is -2.18. The van der Waals surface area contributed by atoms with Gasteiger partial charge in [0.2, 0.25) is 0 Å². The summed E-state index contributed by atoms with van der Waals surface area (Å²) < 4.78 is 37.9. The number of halogens is 3. The van der Waals surface area contributed by atoms with Crippen molar-refractivity contribution in [3.63, 3.8) is 0 Å². The van der Waals surface area contributed by atoms with Crippen LogP contribution in [0.25, 0.3) is 0 Å². The molecule has 2 atom stereocenters. The van der Waals surface area contributed by atoms with Crippen molar-refractivity contribution in [2.24, 2.45) is 11.8 Å². The highest BCUT2D eigenvalue weighted by molar-refractivity contribution is 7.99. The van der Waals surface area contributed by atoms with Crippen LogP contribution in [0.2, 0.25) is 0 Å². The van der Waals surface area contributed by atoms with Crippen molar-refractivity contribution in [3.8, 4) is 0 Å². The zero-order valence-electron chi connectivity index (χ0n) is 9.54. The van der Waals surface area contributed by atoms with Gasteiger partial charge in [-0.05, 0) is 5.75 Å². The van der Waals surface area contributed by atoms with E-state index < -0.39 is 24.0 Å². The van der Waals surface area contributed by atoms with Crippen LogP contribution in [-0.4, -0.2) is 53.3 Å². The number of aliphatic carboxylic acids is 1. The summed E-state index contributed by atoms with van der Waals surface area (Å²) in [5.74, 6) is -2.74. The SMILES string of the molecule is CCSCCN1C[C@@H](C(F)(F)F)[C@H](C(=O)O)C1. The first-order valence-electron chi connectivity index (χ1n) is 5.45. The molecule has 100 valence electrons. The first-order valence-corrected chi connectivity index (χ1v) is 6.61. The van der Waals surface area contributed by atoms with Gasteiger partial charge in [-0.3, -0.25) is 4.79 Å². The zero-order valence-corrected chi connectivity index (χ0v) is 10.4. The van der Waals surface area contributed by atoms with E-state index in [1.807, 2.05) is 6.92 Å². The Morgan fingerprint density at radius 3 is 2.53 bits per heavy atom. The molecule has 0 radical (unpaired) electrons. The second-order valence-electron chi connectivity index (χ2n) is 4.05. The second kappa shape index (κ2) is 5.95. The molecule has 0 saturated carbocycles. The Bertz CT molecular complexity index is 273. The Balaban J connectivity index is 2.57. The molecule has 1 aliphatic rings. The highest BCUT2D eigenvalue weighted by atomic mass is 32.2. The summed E-state index contributed by atoms with van der Waals surface area (Å²) in [6.45, 7) is 2.32. The summed E-state index contributed by atoms with van der Waals surface area (Å²) in [7, 11) is 0. The van der Waals surface area contributed by atoms with E-state index in [4.69, 9.17) is 5.11 Å². The van der Waals surface area contributed by atoms with Gasteiger partial charge in [0.05, 0.1) is 11.8 Å². The number of thioether (sulfide) groups is 1. The van der Waals surface area contributed by atoms with E-state index in [0.717, 1.165) is 11.5 Å². The highest BCUT2D eigenvalue weighted by Crippen LogP contribution is 2.37. The summed E-state index contributed by atoms with van der Waals surface area (Å²) in [6, 6.07) is 0. The number of carbonyl (C=O) groups is 1. The molecular formula is C10H16F3NO2S. The maximum atomic E-state index is 12.6. The number of carboxylic acid groups (broad SMARTS) is 1. The lowest BCUT2D eigenvalue weighted by Crippen LogP contribution is -2.33. The average Bonchev–Trinajstić information content (AvgIpc) is 2.62. The van der Waals surface area contributed by atoms with Crippen LogP contribution >= 0.6 is 11.8 Å². The summed E-state index contributed by atoms with van der Waals surface area (Å²) >= 11 is 1.64. The Morgan fingerprint density at radius 1 is 1.47 bits per heavy atom. The van der Waals surface area contributed by atoms with Crippen molar-refractivity contribution in [2.75, 3.05) is 31.1 Å². The van der Waals surface area contributed by atoms with Crippen LogP contribution in [0.3, 0.4) is 0 Å². The molecule has 7 heteroatoms. The fourth-order valence-corrected chi connectivity index (χ4v) is 2.66. The molecule has 3 nitrogen and oxygen atoms in total. The number of rotatable bonds is 5. The van der Waals surface area contributed by atoms with Crippen LogP contribution in [0, 0.1) is 11.8 Å². The number of hydrogen-bond acceptors (Lipinski definition) is 3. The van der Waals surface area contributed by atoms with E-state index >= 15 is 0 Å². The maximum Gasteiger partial charge on any atom is 0.393 e. The van der Waals surface area contributed by atoms with Crippen LogP contribution in [0.5, 0.6) is 0 Å². The van der Waals surface area contributed by atoms with Gasteiger partial charge in [-0.25, -0.2) is 0 Å². The predicted molar refractivity (Wildman–Crippen MR) is 60.1 cm³/mol. The van der Waals surface area contributed by atoms with Crippen LogP contribution in [0.1, 0.15) is 6.92 Å². The molecule has 0 spiro atoms. The Labute approximate surface area is 102 Å². The number of carboxylic acids is 1. The minimum absolute atomic E-state index is 0.00375. The van der Waals surface area contributed by atoms with E-state index in [-0.39, 0.29) is 13.1 Å². The standard InChI is InChI=1S/C10H16F3NO2S/c1-2-17-4-3-14-5-7(9(15)16)8(6-14)10(11,12)13/h7-8H,2-6H2,1H3,(H,15,16)/t7-,8-/m1/s1. The number of hydrogen-bond donors (Lipinski definition) is 1. The molecule has 1 aliphatic heterocycles. The monoisotopic (exact) mass is 271 g/mol. The number of likely N-dealkylation sites (tertiary alicyclic amines) is 1. The van der Waals surface area contributed by atoms with Crippen molar-refractivity contribution in [2.45, 2.75) is 13.1 Å². The molecule has 1 heterocycles. The molecule has 1 saturated heterocycles. The molecule has 0 amide bonds. The number of alkyl halides is 3. The third-order valence-electron chi connectivity index (χ3n) is 2.89. The first kappa shape index (κ1) is 14.6. The molecule has 0 aliphatic carbocycles. The van der Waals surface area contributed by atoms with Gasteiger partial charge < -0.3 is 10.0 Å². The summed E-state index contributed by atoms with van der Waals surface area (Å²) in [5, 5.41) is 8.80. The minimum Gasteiger partial charge on any atom is -0.481 e. The van der Waals surface area contributed by atoms with Gasteiger partial charge in [-0.15, -0.1) is 0 Å². The van der Waals surface area contributed by atoms with Crippen LogP contribution in [0.15, 0.2) is 0 Å². The van der Waals surface area contributed by atoms with Gasteiger partial charge >= 0.3 is 12.1 Å². The van der Waals surface area contributed by atoms with Crippen molar-refractivity contribution in [1.29, 1.82) is 0 Å². The molecule has 1 rings (SSSR count). The maximum absolute atomic E-state index is 12.6. The lowest BCUT2D eigenvalue weighted by molar-refractivity contribution is -0.188. The number of nitrogens with zero attached hydrogens (tertiary/aromatic N) is 1. The largest absolute Gasteiger partial charge is 0.481 e. The Morgan fingerprint density at radius 2 is 2.12 bits per heavy atom. The normalized spacial score (nSPS) is 26.4. The van der Waals surface area contributed by atoms with Gasteiger partial charge in [0.25, 0.3) is 0 Å². The van der Waals surface area contributed by atoms with Gasteiger partial charge in [0.1, 0.15) is 0 Å². The third-order valence-corrected chi connectivity index (χ3v) is 3.77. The van der Waals surface area contributed by atoms with Crippen LogP contribution < -0.4 is 0 Å². The summed E-state index contributed by atoms with van der Waals surface area (Å²) in [5.41, 5.74) is 0. The Hall–Kier alpha value is -0.430. The molecule has 1 fully saturated rings. The zero-order chi connectivity index (χ0) is 13.1. The molecule has 0 bridgehead atoms. The predicted octanol–water partition coefficient (Wildman–Crippen LogP) is 1.93. The molecule has 0 unspecified atom stereocenters.